The van der Waals surface area contributed by atoms with Crippen molar-refractivity contribution in [3.63, 3.8) is 0 Å². The van der Waals surface area contributed by atoms with Crippen molar-refractivity contribution in [3.05, 3.63) is 135 Å². The van der Waals surface area contributed by atoms with Gasteiger partial charge in [-0.1, -0.05) is 135 Å². The monoisotopic (exact) mass is 965 g/mol. The van der Waals surface area contributed by atoms with Crippen molar-refractivity contribution in [1.82, 2.24) is 0 Å². The summed E-state index contributed by atoms with van der Waals surface area (Å²) in [5.74, 6) is 0. The van der Waals surface area contributed by atoms with E-state index in [1.807, 2.05) is 0 Å². The molecule has 0 radical (unpaired) electrons. The van der Waals surface area contributed by atoms with Gasteiger partial charge in [0, 0.05) is 44.8 Å². The quantitative estimate of drug-likeness (QED) is 0.161. The van der Waals surface area contributed by atoms with E-state index in [0.29, 0.717) is 0 Å². The van der Waals surface area contributed by atoms with Crippen LogP contribution in [0.2, 0.25) is 0 Å². The largest absolute Gasteiger partial charge is 0.455 e. The van der Waals surface area contributed by atoms with Crippen molar-refractivity contribution in [2.75, 3.05) is 9.71 Å². The van der Waals surface area contributed by atoms with Crippen LogP contribution >= 0.6 is 0 Å². The molecular weight excluding hydrogens is 884 g/mol. The number of hydrogen-bond donors (Lipinski definition) is 0. The summed E-state index contributed by atoms with van der Waals surface area (Å²) in [5, 5.41) is 2.45. The van der Waals surface area contributed by atoms with E-state index in [1.54, 1.807) is 0 Å². The zero-order chi connectivity index (χ0) is 51.7. The van der Waals surface area contributed by atoms with Crippen LogP contribution in [-0.2, 0) is 43.3 Å². The minimum Gasteiger partial charge on any atom is -0.455 e. The van der Waals surface area contributed by atoms with Crippen molar-refractivity contribution in [1.29, 1.82) is 0 Å². The molecule has 3 heterocycles. The van der Waals surface area contributed by atoms with Gasteiger partial charge in [-0.15, -0.1) is 0 Å². The van der Waals surface area contributed by atoms with Gasteiger partial charge in [0.1, 0.15) is 11.2 Å². The standard InChI is InChI=1S/C69H81BN2O/c1-40-32-45-59-55(23-20-43-44-36-50-53(39-58(44)73-61(43)59)69(16,17)31-28-66(50,10)11)72(42-19-22-47-49(35-42)65(8,9)27-25-63(47,4)5)70-54-37-51-52(68(14,15)30-29-67(51,12)13)38-56(54)71(57(33-40)60(45)70)41-18-21-46-48(34-41)64(6,7)26-24-62(46,2)3/h18-23,32-39H,24-31H2,1-17H3. The highest BCUT2D eigenvalue weighted by Gasteiger charge is 2.50. The average Bonchev–Trinajstić information content (AvgIpc) is 3.69. The second-order valence-electron chi connectivity index (χ2n) is 29.7. The minimum absolute atomic E-state index is 0.0318. The molecule has 0 fully saturated rings. The maximum atomic E-state index is 7.51. The Labute approximate surface area is 438 Å². The van der Waals surface area contributed by atoms with E-state index in [0.717, 1.165) is 11.2 Å². The molecule has 376 valence electrons. The summed E-state index contributed by atoms with van der Waals surface area (Å²) in [6.45, 7) is 41.8. The third-order valence-electron chi connectivity index (χ3n) is 20.9. The molecule has 0 spiro atoms. The van der Waals surface area contributed by atoms with Gasteiger partial charge in [-0.25, -0.2) is 0 Å². The number of benzene rings is 6. The fraction of sp³-hybridized carbons (Fsp3) is 0.478. The third-order valence-corrected chi connectivity index (χ3v) is 20.9. The van der Waals surface area contributed by atoms with Crippen LogP contribution in [0.3, 0.4) is 0 Å². The molecule has 73 heavy (non-hydrogen) atoms. The summed E-state index contributed by atoms with van der Waals surface area (Å²) in [4.78, 5) is 5.49. The summed E-state index contributed by atoms with van der Waals surface area (Å²) >= 11 is 0. The predicted octanol–water partition coefficient (Wildman–Crippen LogP) is 18.0. The topological polar surface area (TPSA) is 19.6 Å². The van der Waals surface area contributed by atoms with Crippen LogP contribution in [0, 0.1) is 6.92 Å². The van der Waals surface area contributed by atoms with E-state index >= 15 is 0 Å². The maximum Gasteiger partial charge on any atom is 0.333 e. The lowest BCUT2D eigenvalue weighted by Crippen LogP contribution is -2.62. The number of furan rings is 1. The van der Waals surface area contributed by atoms with Gasteiger partial charge < -0.3 is 14.1 Å². The molecule has 2 aliphatic heterocycles. The van der Waals surface area contributed by atoms with E-state index in [2.05, 4.69) is 212 Å². The SMILES string of the molecule is Cc1cc2c3c(c1)N(c1ccc4c(c1)C(C)(C)CCC4(C)C)c1cc4c(cc1B3N(c1ccc3c(c1)C(C)(C)CCC3(C)C)c1ccc3c(oc5cc6c(cc53)C(C)(C)CCC6(C)C)c1-2)C(C)(C)CCC4(C)C. The number of fused-ring (bicyclic) bond motifs is 12. The van der Waals surface area contributed by atoms with E-state index < -0.39 is 0 Å². The van der Waals surface area contributed by atoms with Crippen LogP contribution in [0.1, 0.15) is 212 Å². The smallest absolute Gasteiger partial charge is 0.333 e. The summed E-state index contributed by atoms with van der Waals surface area (Å²) in [6, 6.07) is 35.5. The van der Waals surface area contributed by atoms with Gasteiger partial charge in [0.25, 0.3) is 0 Å². The Morgan fingerprint density at radius 3 is 1.40 bits per heavy atom. The van der Waals surface area contributed by atoms with Gasteiger partial charge in [0.05, 0.1) is 0 Å². The highest BCUT2D eigenvalue weighted by molar-refractivity contribution is 6.93. The zero-order valence-electron chi connectivity index (χ0n) is 47.6. The molecule has 4 heteroatoms. The second kappa shape index (κ2) is 14.6. The van der Waals surface area contributed by atoms with Gasteiger partial charge in [0.2, 0.25) is 0 Å². The lowest BCUT2D eigenvalue weighted by atomic mass is 9.42. The van der Waals surface area contributed by atoms with Crippen molar-refractivity contribution in [3.8, 4) is 11.1 Å². The molecule has 1 aromatic heterocycles. The minimum atomic E-state index is -0.0861. The van der Waals surface area contributed by atoms with Crippen molar-refractivity contribution >= 4 is 68.1 Å². The van der Waals surface area contributed by atoms with Crippen LogP contribution in [0.15, 0.2) is 89.3 Å². The summed E-state index contributed by atoms with van der Waals surface area (Å²) in [5.41, 5.74) is 27.4. The molecule has 13 rings (SSSR count). The van der Waals surface area contributed by atoms with E-state index in [-0.39, 0.29) is 50.2 Å². The average molecular weight is 965 g/mol. The van der Waals surface area contributed by atoms with Gasteiger partial charge in [-0.2, -0.15) is 0 Å². The fourth-order valence-electron chi connectivity index (χ4n) is 15.5. The summed E-state index contributed by atoms with van der Waals surface area (Å²) < 4.78 is 7.51. The Bertz CT molecular complexity index is 3570. The van der Waals surface area contributed by atoms with Gasteiger partial charge in [0.15, 0.2) is 0 Å². The number of nitrogens with zero attached hydrogens (tertiary/aromatic N) is 2. The molecule has 4 aliphatic carbocycles. The molecule has 0 saturated carbocycles. The molecule has 0 N–H and O–H groups in total. The normalized spacial score (nSPS) is 22.4. The highest BCUT2D eigenvalue weighted by Crippen LogP contribution is 2.57. The zero-order valence-corrected chi connectivity index (χ0v) is 47.6. The van der Waals surface area contributed by atoms with Crippen LogP contribution in [-0.4, -0.2) is 6.85 Å². The van der Waals surface area contributed by atoms with Crippen molar-refractivity contribution in [2.45, 2.75) is 212 Å². The lowest BCUT2D eigenvalue weighted by Gasteiger charge is -2.49. The number of hydrogen-bond acceptors (Lipinski definition) is 3. The number of rotatable bonds is 2. The molecular formula is C69H81BN2O. The Balaban J connectivity index is 1.17. The van der Waals surface area contributed by atoms with Crippen LogP contribution < -0.4 is 20.6 Å². The Hall–Kier alpha value is -5.22. The molecule has 6 aromatic carbocycles. The Morgan fingerprint density at radius 2 is 0.849 bits per heavy atom. The molecule has 6 aliphatic rings. The molecule has 0 unspecified atom stereocenters. The number of anilines is 5. The van der Waals surface area contributed by atoms with Crippen molar-refractivity contribution < 1.29 is 4.42 Å². The van der Waals surface area contributed by atoms with E-state index in [4.69, 9.17) is 4.42 Å². The number of aryl methyl sites for hydroxylation is 1. The second-order valence-corrected chi connectivity index (χ2v) is 29.7. The first-order valence-electron chi connectivity index (χ1n) is 28.3. The molecule has 0 bridgehead atoms. The highest BCUT2D eigenvalue weighted by atomic mass is 16.3. The third kappa shape index (κ3) is 6.62. The van der Waals surface area contributed by atoms with Crippen molar-refractivity contribution in [2.24, 2.45) is 0 Å². The first-order chi connectivity index (χ1) is 34.0. The molecule has 0 amide bonds. The lowest BCUT2D eigenvalue weighted by molar-refractivity contribution is 0.332. The maximum absolute atomic E-state index is 7.51. The summed E-state index contributed by atoms with van der Waals surface area (Å²) in [7, 11) is 0. The summed E-state index contributed by atoms with van der Waals surface area (Å²) in [6.07, 6.45) is 9.43. The molecule has 0 atom stereocenters. The molecule has 7 aromatic rings. The molecule has 0 saturated heterocycles. The predicted molar refractivity (Wildman–Crippen MR) is 313 cm³/mol. The van der Waals surface area contributed by atoms with Gasteiger partial charge >= 0.3 is 6.85 Å². The van der Waals surface area contributed by atoms with E-state index in [1.165, 1.54) is 163 Å². The first kappa shape index (κ1) is 47.5. The molecule has 3 nitrogen and oxygen atoms in total. The van der Waals surface area contributed by atoms with Crippen LogP contribution in [0.25, 0.3) is 33.1 Å². The van der Waals surface area contributed by atoms with E-state index in [9.17, 15) is 0 Å². The van der Waals surface area contributed by atoms with Crippen LogP contribution in [0.4, 0.5) is 28.4 Å². The van der Waals surface area contributed by atoms with Gasteiger partial charge in [-0.3, -0.25) is 0 Å². The van der Waals surface area contributed by atoms with Crippen LogP contribution in [0.5, 0.6) is 0 Å². The first-order valence-corrected chi connectivity index (χ1v) is 28.3. The fourth-order valence-corrected chi connectivity index (χ4v) is 15.5. The Morgan fingerprint density at radius 1 is 0.397 bits per heavy atom. The van der Waals surface area contributed by atoms with Gasteiger partial charge in [-0.05, 0) is 229 Å². The Kier molecular flexibility index (Phi) is 9.49.